The largest absolute Gasteiger partial charge is 0.465 e. The third kappa shape index (κ3) is 2.02. The van der Waals surface area contributed by atoms with Gasteiger partial charge in [0.25, 0.3) is 0 Å². The molecule has 0 spiro atoms. The molecule has 1 aromatic rings. The minimum atomic E-state index is -0.528. The van der Waals surface area contributed by atoms with Crippen LogP contribution in [0, 0.1) is 5.92 Å². The summed E-state index contributed by atoms with van der Waals surface area (Å²) >= 11 is 0. The molecule has 0 aliphatic heterocycles. The van der Waals surface area contributed by atoms with Crippen molar-refractivity contribution < 1.29 is 14.6 Å². The lowest BCUT2D eigenvalue weighted by molar-refractivity contribution is 0.0591. The van der Waals surface area contributed by atoms with Crippen LogP contribution in [-0.2, 0) is 4.74 Å². The normalized spacial score (nSPS) is 17.2. The first-order valence-corrected chi connectivity index (χ1v) is 5.09. The first kappa shape index (κ1) is 10.2. The van der Waals surface area contributed by atoms with Gasteiger partial charge in [-0.05, 0) is 30.4 Å². The lowest BCUT2D eigenvalue weighted by Crippen LogP contribution is -2.10. The van der Waals surface area contributed by atoms with Crippen LogP contribution in [0.2, 0.25) is 0 Å². The topological polar surface area (TPSA) is 46.5 Å². The Bertz CT molecular complexity index is 369. The van der Waals surface area contributed by atoms with Crippen LogP contribution < -0.4 is 0 Å². The van der Waals surface area contributed by atoms with Gasteiger partial charge in [0.2, 0.25) is 0 Å². The van der Waals surface area contributed by atoms with Gasteiger partial charge in [0.15, 0.2) is 0 Å². The second-order valence-corrected chi connectivity index (χ2v) is 3.86. The fourth-order valence-electron chi connectivity index (χ4n) is 1.72. The number of hydrogen-bond acceptors (Lipinski definition) is 3. The van der Waals surface area contributed by atoms with Gasteiger partial charge < -0.3 is 9.84 Å². The minimum Gasteiger partial charge on any atom is -0.465 e. The third-order valence-electron chi connectivity index (χ3n) is 2.75. The molecule has 2 rings (SSSR count). The smallest absolute Gasteiger partial charge is 0.338 e. The van der Waals surface area contributed by atoms with E-state index >= 15 is 0 Å². The van der Waals surface area contributed by atoms with E-state index in [2.05, 4.69) is 4.74 Å². The Morgan fingerprint density at radius 1 is 1.47 bits per heavy atom. The Morgan fingerprint density at radius 2 is 2.13 bits per heavy atom. The maximum Gasteiger partial charge on any atom is 0.338 e. The number of hydrogen-bond donors (Lipinski definition) is 1. The molecule has 0 bridgehead atoms. The molecular weight excluding hydrogens is 192 g/mol. The van der Waals surface area contributed by atoms with Crippen molar-refractivity contribution in [2.75, 3.05) is 7.11 Å². The number of aliphatic hydroxyl groups is 1. The Morgan fingerprint density at radius 3 is 2.73 bits per heavy atom. The molecule has 1 unspecified atom stereocenters. The molecule has 3 heteroatoms. The second kappa shape index (κ2) is 4.03. The van der Waals surface area contributed by atoms with Gasteiger partial charge in [-0.25, -0.2) is 4.79 Å². The minimum absolute atomic E-state index is 0.316. The number of carbonyl (C=O) groups excluding carboxylic acids is 1. The molecule has 80 valence electrons. The van der Waals surface area contributed by atoms with E-state index in [0.717, 1.165) is 12.8 Å². The molecule has 1 saturated carbocycles. The standard InChI is InChI=1S/C12H14O3/c1-15-12(14)10-5-3-2-4-9(10)11(13)8-6-7-8/h2-5,8,11,13H,6-7H2,1H3. The molecule has 0 heterocycles. The highest BCUT2D eigenvalue weighted by Gasteiger charge is 2.32. The van der Waals surface area contributed by atoms with Gasteiger partial charge in [-0.15, -0.1) is 0 Å². The summed E-state index contributed by atoms with van der Waals surface area (Å²) in [4.78, 5) is 11.4. The van der Waals surface area contributed by atoms with Crippen LogP contribution in [0.25, 0.3) is 0 Å². The number of ether oxygens (including phenoxy) is 1. The number of esters is 1. The number of benzene rings is 1. The van der Waals surface area contributed by atoms with Gasteiger partial charge in [-0.2, -0.15) is 0 Å². The SMILES string of the molecule is COC(=O)c1ccccc1C(O)C1CC1. The molecule has 1 N–H and O–H groups in total. The average Bonchev–Trinajstić information content (AvgIpc) is 3.11. The summed E-state index contributed by atoms with van der Waals surface area (Å²) in [6.07, 6.45) is 1.55. The van der Waals surface area contributed by atoms with Crippen LogP contribution in [0.5, 0.6) is 0 Å². The molecule has 1 fully saturated rings. The molecule has 1 atom stereocenters. The third-order valence-corrected chi connectivity index (χ3v) is 2.75. The van der Waals surface area contributed by atoms with Gasteiger partial charge in [0, 0.05) is 0 Å². The van der Waals surface area contributed by atoms with Crippen LogP contribution in [0.1, 0.15) is 34.9 Å². The Hall–Kier alpha value is -1.35. The van der Waals surface area contributed by atoms with Gasteiger partial charge in [0.1, 0.15) is 0 Å². The molecule has 3 nitrogen and oxygen atoms in total. The molecule has 0 radical (unpaired) electrons. The van der Waals surface area contributed by atoms with E-state index in [-0.39, 0.29) is 5.97 Å². The second-order valence-electron chi connectivity index (χ2n) is 3.86. The van der Waals surface area contributed by atoms with Crippen molar-refractivity contribution in [2.24, 2.45) is 5.92 Å². The lowest BCUT2D eigenvalue weighted by Gasteiger charge is -2.13. The predicted molar refractivity (Wildman–Crippen MR) is 55.5 cm³/mol. The van der Waals surface area contributed by atoms with Crippen LogP contribution in [0.15, 0.2) is 24.3 Å². The first-order valence-electron chi connectivity index (χ1n) is 5.09. The molecule has 15 heavy (non-hydrogen) atoms. The molecule has 0 aromatic heterocycles. The lowest BCUT2D eigenvalue weighted by atomic mass is 9.99. The van der Waals surface area contributed by atoms with E-state index < -0.39 is 6.10 Å². The number of rotatable bonds is 3. The predicted octanol–water partition coefficient (Wildman–Crippen LogP) is 1.92. The number of aliphatic hydroxyl groups excluding tert-OH is 1. The van der Waals surface area contributed by atoms with Crippen molar-refractivity contribution in [2.45, 2.75) is 18.9 Å². The molecule has 1 aliphatic carbocycles. The van der Waals surface area contributed by atoms with Crippen molar-refractivity contribution in [3.05, 3.63) is 35.4 Å². The summed E-state index contributed by atoms with van der Waals surface area (Å²) in [6.45, 7) is 0. The van der Waals surface area contributed by atoms with Crippen molar-refractivity contribution in [1.82, 2.24) is 0 Å². The maximum absolute atomic E-state index is 11.4. The summed E-state index contributed by atoms with van der Waals surface area (Å²) in [5, 5.41) is 9.98. The van der Waals surface area contributed by atoms with E-state index in [1.807, 2.05) is 6.07 Å². The van der Waals surface area contributed by atoms with Crippen molar-refractivity contribution in [3.8, 4) is 0 Å². The van der Waals surface area contributed by atoms with Crippen LogP contribution in [0.4, 0.5) is 0 Å². The van der Waals surface area contributed by atoms with Gasteiger partial charge >= 0.3 is 5.97 Å². The zero-order chi connectivity index (χ0) is 10.8. The highest BCUT2D eigenvalue weighted by molar-refractivity contribution is 5.91. The molecular formula is C12H14O3. The van der Waals surface area contributed by atoms with Crippen LogP contribution >= 0.6 is 0 Å². The van der Waals surface area contributed by atoms with Crippen molar-refractivity contribution in [1.29, 1.82) is 0 Å². The number of methoxy groups -OCH3 is 1. The quantitative estimate of drug-likeness (QED) is 0.768. The van der Waals surface area contributed by atoms with E-state index in [1.54, 1.807) is 18.2 Å². The fourth-order valence-corrected chi connectivity index (χ4v) is 1.72. The van der Waals surface area contributed by atoms with Crippen LogP contribution in [-0.4, -0.2) is 18.2 Å². The summed E-state index contributed by atoms with van der Waals surface area (Å²) in [7, 11) is 1.35. The summed E-state index contributed by atoms with van der Waals surface area (Å²) < 4.78 is 4.68. The summed E-state index contributed by atoms with van der Waals surface area (Å²) in [6, 6.07) is 7.07. The van der Waals surface area contributed by atoms with E-state index in [4.69, 9.17) is 0 Å². The molecule has 0 saturated heterocycles. The first-order chi connectivity index (χ1) is 7.24. The van der Waals surface area contributed by atoms with Gasteiger partial charge in [-0.3, -0.25) is 0 Å². The van der Waals surface area contributed by atoms with E-state index in [1.165, 1.54) is 7.11 Å². The van der Waals surface area contributed by atoms with Gasteiger partial charge in [0.05, 0.1) is 18.8 Å². The van der Waals surface area contributed by atoms with Crippen LogP contribution in [0.3, 0.4) is 0 Å². The highest BCUT2D eigenvalue weighted by Crippen LogP contribution is 2.41. The zero-order valence-electron chi connectivity index (χ0n) is 8.64. The highest BCUT2D eigenvalue weighted by atomic mass is 16.5. The van der Waals surface area contributed by atoms with Gasteiger partial charge in [-0.1, -0.05) is 18.2 Å². The summed E-state index contributed by atoms with van der Waals surface area (Å²) in [5.74, 6) is -0.0684. The molecule has 0 amide bonds. The molecule has 1 aliphatic rings. The maximum atomic E-state index is 11.4. The monoisotopic (exact) mass is 206 g/mol. The van der Waals surface area contributed by atoms with E-state index in [0.29, 0.717) is 17.0 Å². The average molecular weight is 206 g/mol. The van der Waals surface area contributed by atoms with Crippen molar-refractivity contribution >= 4 is 5.97 Å². The summed E-state index contributed by atoms with van der Waals surface area (Å²) in [5.41, 5.74) is 1.16. The Labute approximate surface area is 88.7 Å². The van der Waals surface area contributed by atoms with E-state index in [9.17, 15) is 9.90 Å². The number of carbonyl (C=O) groups is 1. The fraction of sp³-hybridized carbons (Fsp3) is 0.417. The van der Waals surface area contributed by atoms with Crippen molar-refractivity contribution in [3.63, 3.8) is 0 Å². The Kier molecular flexibility index (Phi) is 2.73. The molecule has 1 aromatic carbocycles. The Balaban J connectivity index is 2.32. The zero-order valence-corrected chi connectivity index (χ0v) is 8.64.